The van der Waals surface area contributed by atoms with E-state index in [1.165, 1.54) is 0 Å². The number of hydrogen-bond donors (Lipinski definition) is 0. The van der Waals surface area contributed by atoms with Crippen molar-refractivity contribution in [1.82, 2.24) is 4.90 Å². The molecule has 4 heteroatoms. The fourth-order valence-electron chi connectivity index (χ4n) is 2.73. The first kappa shape index (κ1) is 16.0. The summed E-state index contributed by atoms with van der Waals surface area (Å²) in [4.78, 5) is 14.5. The average molecular weight is 266 g/mol. The zero-order valence-electron chi connectivity index (χ0n) is 12.3. The summed E-state index contributed by atoms with van der Waals surface area (Å²) in [6.07, 6.45) is 5.69. The van der Waals surface area contributed by atoms with Crippen LogP contribution in [0.3, 0.4) is 0 Å². The Hall–Kier alpha value is -1.08. The van der Waals surface area contributed by atoms with Gasteiger partial charge in [0, 0.05) is 19.7 Å². The Morgan fingerprint density at radius 2 is 1.89 bits per heavy atom. The lowest BCUT2D eigenvalue weighted by atomic mass is 9.80. The standard InChI is InChI=1S/C15H26N2O2/c1-3-17(11-12-19-4-2)14(18)15(13-16)9-7-5-6-8-10-15/h3-12H2,1-2H3. The Morgan fingerprint density at radius 3 is 2.37 bits per heavy atom. The molecule has 0 spiro atoms. The predicted octanol–water partition coefficient (Wildman–Crippen LogP) is 2.74. The monoisotopic (exact) mass is 266 g/mol. The molecule has 0 aromatic rings. The van der Waals surface area contributed by atoms with E-state index in [-0.39, 0.29) is 5.91 Å². The number of hydrogen-bond acceptors (Lipinski definition) is 3. The highest BCUT2D eigenvalue weighted by Gasteiger charge is 2.41. The normalized spacial score (nSPS) is 18.4. The molecule has 0 bridgehead atoms. The van der Waals surface area contributed by atoms with Crippen molar-refractivity contribution in [3.05, 3.63) is 0 Å². The van der Waals surface area contributed by atoms with Gasteiger partial charge in [-0.05, 0) is 26.7 Å². The van der Waals surface area contributed by atoms with Crippen molar-refractivity contribution < 1.29 is 9.53 Å². The lowest BCUT2D eigenvalue weighted by Crippen LogP contribution is -2.44. The van der Waals surface area contributed by atoms with Crippen LogP contribution in [0.4, 0.5) is 0 Å². The molecule has 1 amide bonds. The molecule has 0 heterocycles. The zero-order valence-corrected chi connectivity index (χ0v) is 12.3. The molecule has 0 N–H and O–H groups in total. The number of amides is 1. The van der Waals surface area contributed by atoms with E-state index in [0.29, 0.717) is 39.1 Å². The lowest BCUT2D eigenvalue weighted by molar-refractivity contribution is -0.140. The summed E-state index contributed by atoms with van der Waals surface area (Å²) < 4.78 is 5.32. The number of carbonyl (C=O) groups excluding carboxylic acids is 1. The van der Waals surface area contributed by atoms with E-state index >= 15 is 0 Å². The molecule has 1 aliphatic rings. The largest absolute Gasteiger partial charge is 0.380 e. The van der Waals surface area contributed by atoms with Crippen LogP contribution in [0, 0.1) is 16.7 Å². The molecule has 1 rings (SSSR count). The second-order valence-electron chi connectivity index (χ2n) is 5.19. The third kappa shape index (κ3) is 4.21. The van der Waals surface area contributed by atoms with Crippen LogP contribution in [0.15, 0.2) is 0 Å². The minimum Gasteiger partial charge on any atom is -0.380 e. The maximum absolute atomic E-state index is 12.7. The Labute approximate surface area is 116 Å². The third-order valence-corrected chi connectivity index (χ3v) is 3.96. The van der Waals surface area contributed by atoms with Crippen LogP contribution >= 0.6 is 0 Å². The summed E-state index contributed by atoms with van der Waals surface area (Å²) in [5, 5.41) is 9.52. The second kappa shape index (κ2) is 8.16. The lowest BCUT2D eigenvalue weighted by Gasteiger charge is -2.31. The Balaban J connectivity index is 2.71. The van der Waals surface area contributed by atoms with Crippen molar-refractivity contribution >= 4 is 5.91 Å². The highest BCUT2D eigenvalue weighted by atomic mass is 16.5. The maximum atomic E-state index is 12.7. The Bertz CT molecular complexity index is 315. The van der Waals surface area contributed by atoms with Crippen molar-refractivity contribution in [3.8, 4) is 6.07 Å². The minimum atomic E-state index is -0.779. The molecule has 0 aromatic carbocycles. The van der Waals surface area contributed by atoms with Crippen molar-refractivity contribution in [1.29, 1.82) is 5.26 Å². The summed E-state index contributed by atoms with van der Waals surface area (Å²) >= 11 is 0. The van der Waals surface area contributed by atoms with Crippen LogP contribution < -0.4 is 0 Å². The van der Waals surface area contributed by atoms with E-state index < -0.39 is 5.41 Å². The van der Waals surface area contributed by atoms with Crippen LogP contribution in [0.1, 0.15) is 52.4 Å². The fourth-order valence-corrected chi connectivity index (χ4v) is 2.73. The number of nitriles is 1. The van der Waals surface area contributed by atoms with Gasteiger partial charge in [0.25, 0.3) is 0 Å². The van der Waals surface area contributed by atoms with E-state index in [9.17, 15) is 10.1 Å². The Kier molecular flexibility index (Phi) is 6.86. The predicted molar refractivity (Wildman–Crippen MR) is 74.5 cm³/mol. The molecule has 0 aliphatic heterocycles. The third-order valence-electron chi connectivity index (χ3n) is 3.96. The zero-order chi connectivity index (χ0) is 14.1. The molecule has 1 aliphatic carbocycles. The van der Waals surface area contributed by atoms with Gasteiger partial charge in [-0.2, -0.15) is 5.26 Å². The van der Waals surface area contributed by atoms with E-state index in [2.05, 4.69) is 6.07 Å². The van der Waals surface area contributed by atoms with Crippen LogP contribution in [-0.4, -0.2) is 37.1 Å². The second-order valence-corrected chi connectivity index (χ2v) is 5.19. The SMILES string of the molecule is CCOCCN(CC)C(=O)C1(C#N)CCCCCC1. The van der Waals surface area contributed by atoms with E-state index in [1.54, 1.807) is 4.90 Å². The van der Waals surface area contributed by atoms with Crippen molar-refractivity contribution in [2.75, 3.05) is 26.3 Å². The van der Waals surface area contributed by atoms with Gasteiger partial charge in [-0.25, -0.2) is 0 Å². The summed E-state index contributed by atoms with van der Waals surface area (Å²) in [7, 11) is 0. The fraction of sp³-hybridized carbons (Fsp3) is 0.867. The number of nitrogens with zero attached hydrogens (tertiary/aromatic N) is 2. The van der Waals surface area contributed by atoms with Gasteiger partial charge in [0.15, 0.2) is 0 Å². The first-order valence-electron chi connectivity index (χ1n) is 7.48. The van der Waals surface area contributed by atoms with E-state index in [1.807, 2.05) is 13.8 Å². The first-order chi connectivity index (χ1) is 9.20. The molecular weight excluding hydrogens is 240 g/mol. The maximum Gasteiger partial charge on any atom is 0.243 e. The number of likely N-dealkylation sites (N-methyl/N-ethyl adjacent to an activating group) is 1. The highest BCUT2D eigenvalue weighted by Crippen LogP contribution is 2.36. The van der Waals surface area contributed by atoms with E-state index in [0.717, 1.165) is 25.7 Å². The molecule has 0 radical (unpaired) electrons. The van der Waals surface area contributed by atoms with Gasteiger partial charge in [0.1, 0.15) is 5.41 Å². The van der Waals surface area contributed by atoms with Crippen LogP contribution in [0.2, 0.25) is 0 Å². The number of ether oxygens (including phenoxy) is 1. The van der Waals surface area contributed by atoms with Crippen LogP contribution in [0.25, 0.3) is 0 Å². The molecule has 4 nitrogen and oxygen atoms in total. The molecule has 0 atom stereocenters. The highest BCUT2D eigenvalue weighted by molar-refractivity contribution is 5.85. The average Bonchev–Trinajstić information content (AvgIpc) is 2.69. The summed E-state index contributed by atoms with van der Waals surface area (Å²) in [6.45, 7) is 6.36. The van der Waals surface area contributed by atoms with Crippen molar-refractivity contribution in [2.24, 2.45) is 5.41 Å². The number of carbonyl (C=O) groups is 1. The molecule has 108 valence electrons. The van der Waals surface area contributed by atoms with Gasteiger partial charge < -0.3 is 9.64 Å². The van der Waals surface area contributed by atoms with Gasteiger partial charge in [-0.3, -0.25) is 4.79 Å². The van der Waals surface area contributed by atoms with E-state index in [4.69, 9.17) is 4.74 Å². The minimum absolute atomic E-state index is 0.0131. The van der Waals surface area contributed by atoms with Crippen LogP contribution in [0.5, 0.6) is 0 Å². The van der Waals surface area contributed by atoms with Gasteiger partial charge in [0.05, 0.1) is 12.7 Å². The van der Waals surface area contributed by atoms with Crippen molar-refractivity contribution in [3.63, 3.8) is 0 Å². The molecular formula is C15H26N2O2. The van der Waals surface area contributed by atoms with Gasteiger partial charge in [-0.1, -0.05) is 25.7 Å². The Morgan fingerprint density at radius 1 is 1.26 bits per heavy atom. The topological polar surface area (TPSA) is 53.3 Å². The van der Waals surface area contributed by atoms with Crippen LogP contribution in [-0.2, 0) is 9.53 Å². The smallest absolute Gasteiger partial charge is 0.243 e. The van der Waals surface area contributed by atoms with Crippen molar-refractivity contribution in [2.45, 2.75) is 52.4 Å². The number of rotatable bonds is 6. The quantitative estimate of drug-likeness (QED) is 0.548. The van der Waals surface area contributed by atoms with Gasteiger partial charge in [0.2, 0.25) is 5.91 Å². The van der Waals surface area contributed by atoms with Gasteiger partial charge in [-0.15, -0.1) is 0 Å². The molecule has 0 saturated heterocycles. The molecule has 0 unspecified atom stereocenters. The molecule has 19 heavy (non-hydrogen) atoms. The summed E-state index contributed by atoms with van der Waals surface area (Å²) in [5.74, 6) is 0.0131. The molecule has 1 saturated carbocycles. The summed E-state index contributed by atoms with van der Waals surface area (Å²) in [5.41, 5.74) is -0.779. The summed E-state index contributed by atoms with van der Waals surface area (Å²) in [6, 6.07) is 2.33. The molecule has 1 fully saturated rings. The first-order valence-corrected chi connectivity index (χ1v) is 7.48. The molecule has 0 aromatic heterocycles. The van der Waals surface area contributed by atoms with Gasteiger partial charge >= 0.3 is 0 Å².